The van der Waals surface area contributed by atoms with Gasteiger partial charge in [0.1, 0.15) is 0 Å². The van der Waals surface area contributed by atoms with E-state index in [1.54, 1.807) is 6.92 Å². The van der Waals surface area contributed by atoms with Crippen molar-refractivity contribution < 1.29 is 9.90 Å². The molecule has 1 fully saturated rings. The lowest BCUT2D eigenvalue weighted by Crippen LogP contribution is -2.33. The van der Waals surface area contributed by atoms with Crippen LogP contribution in [0.25, 0.3) is 0 Å². The molecular weight excluding hydrogens is 216 g/mol. The van der Waals surface area contributed by atoms with Crippen molar-refractivity contribution in [2.45, 2.75) is 19.4 Å². The highest BCUT2D eigenvalue weighted by Gasteiger charge is 2.18. The van der Waals surface area contributed by atoms with Gasteiger partial charge < -0.3 is 15.3 Å². The number of para-hydroxylation sites is 1. The smallest absolute Gasteiger partial charge is 0.239 e. The van der Waals surface area contributed by atoms with Gasteiger partial charge in [-0.25, -0.2) is 0 Å². The van der Waals surface area contributed by atoms with E-state index in [2.05, 4.69) is 5.32 Å². The second-order valence-corrected chi connectivity index (χ2v) is 4.36. The van der Waals surface area contributed by atoms with Crippen LogP contribution in [-0.2, 0) is 4.79 Å². The average Bonchev–Trinajstić information content (AvgIpc) is 2.54. The minimum atomic E-state index is -0.516. The van der Waals surface area contributed by atoms with Crippen molar-refractivity contribution in [3.63, 3.8) is 0 Å². The number of aliphatic hydroxyl groups excluding tert-OH is 1. The summed E-state index contributed by atoms with van der Waals surface area (Å²) in [6.45, 7) is 3.68. The first-order chi connectivity index (χ1) is 8.18. The fourth-order valence-corrected chi connectivity index (χ4v) is 2.14. The summed E-state index contributed by atoms with van der Waals surface area (Å²) in [6, 6.07) is 7.71. The molecule has 0 spiro atoms. The molecule has 1 aromatic rings. The Bertz CT molecular complexity index is 404. The molecule has 1 saturated heterocycles. The number of nitrogens with one attached hydrogen (secondary N) is 1. The molecule has 0 radical (unpaired) electrons. The summed E-state index contributed by atoms with van der Waals surface area (Å²) in [5.74, 6) is 0.0443. The van der Waals surface area contributed by atoms with Gasteiger partial charge in [0.05, 0.1) is 12.6 Å². The van der Waals surface area contributed by atoms with E-state index in [1.807, 2.05) is 29.2 Å². The van der Waals surface area contributed by atoms with Gasteiger partial charge in [-0.1, -0.05) is 18.2 Å². The van der Waals surface area contributed by atoms with Crippen molar-refractivity contribution in [3.05, 3.63) is 29.8 Å². The largest absolute Gasteiger partial charge is 0.389 e. The fraction of sp³-hybridized carbons (Fsp3) is 0.462. The van der Waals surface area contributed by atoms with Crippen molar-refractivity contribution >= 4 is 11.6 Å². The predicted molar refractivity (Wildman–Crippen MR) is 66.9 cm³/mol. The van der Waals surface area contributed by atoms with Crippen LogP contribution in [0.3, 0.4) is 0 Å². The van der Waals surface area contributed by atoms with Crippen LogP contribution in [0.15, 0.2) is 24.3 Å². The number of aliphatic hydroxyl groups is 1. The van der Waals surface area contributed by atoms with Crippen LogP contribution in [0.4, 0.5) is 5.69 Å². The quantitative estimate of drug-likeness (QED) is 0.804. The number of benzene rings is 1. The van der Waals surface area contributed by atoms with Gasteiger partial charge in [-0.15, -0.1) is 0 Å². The number of amides is 1. The van der Waals surface area contributed by atoms with Gasteiger partial charge in [0, 0.05) is 24.3 Å². The van der Waals surface area contributed by atoms with Crippen molar-refractivity contribution in [3.8, 4) is 0 Å². The monoisotopic (exact) mass is 234 g/mol. The van der Waals surface area contributed by atoms with Crippen LogP contribution in [0, 0.1) is 0 Å². The maximum atomic E-state index is 11.5. The third-order valence-corrected chi connectivity index (χ3v) is 2.99. The van der Waals surface area contributed by atoms with Crippen LogP contribution in [-0.4, -0.2) is 30.6 Å². The van der Waals surface area contributed by atoms with Crippen LogP contribution in [0.5, 0.6) is 0 Å². The maximum absolute atomic E-state index is 11.5. The predicted octanol–water partition coefficient (Wildman–Crippen LogP) is 1.07. The van der Waals surface area contributed by atoms with Crippen molar-refractivity contribution in [1.29, 1.82) is 0 Å². The highest BCUT2D eigenvalue weighted by atomic mass is 16.3. The number of nitrogens with zero attached hydrogens (tertiary/aromatic N) is 1. The Morgan fingerprint density at radius 2 is 2.18 bits per heavy atom. The fourth-order valence-electron chi connectivity index (χ4n) is 2.14. The van der Waals surface area contributed by atoms with E-state index in [0.29, 0.717) is 6.54 Å². The van der Waals surface area contributed by atoms with Gasteiger partial charge in [-0.05, 0) is 19.4 Å². The molecular formula is C13H18N2O2. The Morgan fingerprint density at radius 1 is 1.41 bits per heavy atom. The molecule has 2 N–H and O–H groups in total. The lowest BCUT2D eigenvalue weighted by molar-refractivity contribution is -0.119. The van der Waals surface area contributed by atoms with E-state index in [9.17, 15) is 9.90 Å². The molecule has 1 amide bonds. The molecule has 4 heteroatoms. The van der Waals surface area contributed by atoms with E-state index in [0.717, 1.165) is 30.8 Å². The topological polar surface area (TPSA) is 52.6 Å². The minimum absolute atomic E-state index is 0.0443. The third kappa shape index (κ3) is 2.77. The van der Waals surface area contributed by atoms with Crippen LogP contribution < -0.4 is 10.2 Å². The number of carbonyl (C=O) groups excluding carboxylic acids is 1. The van der Waals surface area contributed by atoms with Gasteiger partial charge in [-0.3, -0.25) is 4.79 Å². The Hall–Kier alpha value is -1.55. The van der Waals surface area contributed by atoms with Gasteiger partial charge >= 0.3 is 0 Å². The number of rotatable bonds is 2. The lowest BCUT2D eigenvalue weighted by atomic mass is 10.1. The number of anilines is 1. The summed E-state index contributed by atoms with van der Waals surface area (Å²) in [7, 11) is 0. The molecule has 1 aliphatic heterocycles. The SMILES string of the molecule is CC(O)c1ccccc1N1CCCNC(=O)C1. The van der Waals surface area contributed by atoms with Crippen molar-refractivity contribution in [1.82, 2.24) is 5.32 Å². The third-order valence-electron chi connectivity index (χ3n) is 2.99. The van der Waals surface area contributed by atoms with Crippen LogP contribution in [0.2, 0.25) is 0 Å². The minimum Gasteiger partial charge on any atom is -0.389 e. The molecule has 0 aliphatic carbocycles. The first-order valence-electron chi connectivity index (χ1n) is 5.97. The normalized spacial score (nSPS) is 18.5. The zero-order valence-electron chi connectivity index (χ0n) is 10.0. The molecule has 0 bridgehead atoms. The van der Waals surface area contributed by atoms with Gasteiger partial charge in [-0.2, -0.15) is 0 Å². The average molecular weight is 234 g/mol. The molecule has 1 aromatic carbocycles. The van der Waals surface area contributed by atoms with E-state index in [4.69, 9.17) is 0 Å². The standard InChI is InChI=1S/C13H18N2O2/c1-10(16)11-5-2-3-6-12(11)15-8-4-7-14-13(17)9-15/h2-3,5-6,10,16H,4,7-9H2,1H3,(H,14,17). The molecule has 1 atom stereocenters. The Balaban J connectivity index is 2.28. The van der Waals surface area contributed by atoms with Crippen molar-refractivity contribution in [2.75, 3.05) is 24.5 Å². The van der Waals surface area contributed by atoms with E-state index >= 15 is 0 Å². The second-order valence-electron chi connectivity index (χ2n) is 4.36. The first kappa shape index (κ1) is 11.9. The Labute approximate surface area is 101 Å². The molecule has 92 valence electrons. The molecule has 4 nitrogen and oxygen atoms in total. The number of hydrogen-bond donors (Lipinski definition) is 2. The number of hydrogen-bond acceptors (Lipinski definition) is 3. The van der Waals surface area contributed by atoms with E-state index in [1.165, 1.54) is 0 Å². The first-order valence-corrected chi connectivity index (χ1v) is 5.97. The summed E-state index contributed by atoms with van der Waals surface area (Å²) in [6.07, 6.45) is 0.414. The summed E-state index contributed by atoms with van der Waals surface area (Å²) in [4.78, 5) is 13.6. The van der Waals surface area contributed by atoms with Gasteiger partial charge in [0.25, 0.3) is 0 Å². The molecule has 0 aromatic heterocycles. The van der Waals surface area contributed by atoms with Gasteiger partial charge in [0.15, 0.2) is 0 Å². The summed E-state index contributed by atoms with van der Waals surface area (Å²) in [5.41, 5.74) is 1.83. The maximum Gasteiger partial charge on any atom is 0.239 e. The zero-order chi connectivity index (χ0) is 12.3. The van der Waals surface area contributed by atoms with Crippen LogP contribution >= 0.6 is 0 Å². The molecule has 2 rings (SSSR count). The molecule has 1 aliphatic rings. The molecule has 1 unspecified atom stereocenters. The van der Waals surface area contributed by atoms with E-state index < -0.39 is 6.10 Å². The highest BCUT2D eigenvalue weighted by Crippen LogP contribution is 2.26. The molecule has 1 heterocycles. The molecule has 17 heavy (non-hydrogen) atoms. The summed E-state index contributed by atoms with van der Waals surface area (Å²) < 4.78 is 0. The lowest BCUT2D eigenvalue weighted by Gasteiger charge is -2.25. The van der Waals surface area contributed by atoms with E-state index in [-0.39, 0.29) is 5.91 Å². The molecule has 0 saturated carbocycles. The summed E-state index contributed by atoms with van der Waals surface area (Å²) >= 11 is 0. The summed E-state index contributed by atoms with van der Waals surface area (Å²) in [5, 5.41) is 12.6. The van der Waals surface area contributed by atoms with Crippen molar-refractivity contribution in [2.24, 2.45) is 0 Å². The zero-order valence-corrected chi connectivity index (χ0v) is 10.0. The second kappa shape index (κ2) is 5.19. The number of carbonyl (C=O) groups is 1. The van der Waals surface area contributed by atoms with Gasteiger partial charge in [0.2, 0.25) is 5.91 Å². The Morgan fingerprint density at radius 3 is 2.94 bits per heavy atom. The Kier molecular flexibility index (Phi) is 3.64. The highest BCUT2D eigenvalue weighted by molar-refractivity contribution is 5.82. The van der Waals surface area contributed by atoms with Crippen LogP contribution in [0.1, 0.15) is 25.0 Å².